The van der Waals surface area contributed by atoms with Crippen molar-refractivity contribution in [1.29, 1.82) is 0 Å². The Balaban J connectivity index is 0.963. The monoisotopic (exact) mass is 787 g/mol. The second-order valence-electron chi connectivity index (χ2n) is 16.6. The largest absolute Gasteiger partial charge is 0.456 e. The molecular weight excluding hydrogens is 750 g/mol. The normalized spacial score (nSPS) is 13.0. The molecule has 12 rings (SSSR count). The molecule has 0 N–H and O–H groups in total. The fourth-order valence-corrected chi connectivity index (χ4v) is 9.82. The van der Waals surface area contributed by atoms with Crippen LogP contribution in [0.2, 0.25) is 0 Å². The van der Waals surface area contributed by atoms with E-state index in [-0.39, 0.29) is 5.82 Å². The topological polar surface area (TPSA) is 29.5 Å². The molecular formula is C57H38FNO2. The minimum atomic E-state index is -0.435. The molecule has 0 atom stereocenters. The van der Waals surface area contributed by atoms with Gasteiger partial charge in [0.15, 0.2) is 0 Å². The first-order valence-electron chi connectivity index (χ1n) is 20.8. The van der Waals surface area contributed by atoms with E-state index >= 15 is 4.39 Å². The highest BCUT2D eigenvalue weighted by molar-refractivity contribution is 6.10. The van der Waals surface area contributed by atoms with Crippen molar-refractivity contribution in [2.75, 3.05) is 4.90 Å². The molecule has 0 amide bonds. The van der Waals surface area contributed by atoms with Crippen molar-refractivity contribution in [1.82, 2.24) is 0 Å². The third-order valence-corrected chi connectivity index (χ3v) is 12.7. The van der Waals surface area contributed by atoms with Crippen LogP contribution in [0.15, 0.2) is 203 Å². The van der Waals surface area contributed by atoms with Crippen LogP contribution in [-0.4, -0.2) is 0 Å². The molecule has 0 fully saturated rings. The van der Waals surface area contributed by atoms with Crippen molar-refractivity contribution in [2.45, 2.75) is 19.3 Å². The molecule has 0 radical (unpaired) electrons. The molecule has 9 aromatic carbocycles. The summed E-state index contributed by atoms with van der Waals surface area (Å²) in [5.74, 6) is -0.252. The van der Waals surface area contributed by atoms with Crippen molar-refractivity contribution in [3.63, 3.8) is 0 Å². The SMILES string of the molecule is CC1(C)c2cc(N(c3ccc(-c4ccccc4)cc3)c3ccc4oc5ccccc5c4c3)ccc2-c2cc(F)cc(-c3ccc(-c4cccc5c4oc4ccccc45)cc3)c21. The van der Waals surface area contributed by atoms with E-state index in [1.807, 2.05) is 36.4 Å². The van der Waals surface area contributed by atoms with E-state index in [9.17, 15) is 0 Å². The fraction of sp³-hybridized carbons (Fsp3) is 0.0526. The van der Waals surface area contributed by atoms with Crippen molar-refractivity contribution in [2.24, 2.45) is 0 Å². The minimum absolute atomic E-state index is 0.252. The van der Waals surface area contributed by atoms with Gasteiger partial charge >= 0.3 is 0 Å². The average Bonchev–Trinajstić information content (AvgIpc) is 3.94. The zero-order valence-corrected chi connectivity index (χ0v) is 33.6. The van der Waals surface area contributed by atoms with Gasteiger partial charge in [-0.15, -0.1) is 0 Å². The maximum atomic E-state index is 15.9. The van der Waals surface area contributed by atoms with E-state index in [0.717, 1.165) is 111 Å². The molecule has 0 aliphatic heterocycles. The lowest BCUT2D eigenvalue weighted by atomic mass is 9.78. The van der Waals surface area contributed by atoms with Gasteiger partial charge in [-0.05, 0) is 117 Å². The third-order valence-electron chi connectivity index (χ3n) is 12.7. The molecule has 61 heavy (non-hydrogen) atoms. The zero-order valence-electron chi connectivity index (χ0n) is 33.6. The average molecular weight is 788 g/mol. The Morgan fingerprint density at radius 3 is 1.72 bits per heavy atom. The predicted molar refractivity (Wildman–Crippen MR) is 250 cm³/mol. The number of halogens is 1. The van der Waals surface area contributed by atoms with Crippen LogP contribution in [0.4, 0.5) is 21.5 Å². The summed E-state index contributed by atoms with van der Waals surface area (Å²) in [4.78, 5) is 2.32. The van der Waals surface area contributed by atoms with Gasteiger partial charge < -0.3 is 13.7 Å². The summed E-state index contributed by atoms with van der Waals surface area (Å²) in [5.41, 5.74) is 16.6. The van der Waals surface area contributed by atoms with Crippen LogP contribution in [0.25, 0.3) is 88.4 Å². The molecule has 0 saturated heterocycles. The Morgan fingerprint density at radius 1 is 0.393 bits per heavy atom. The first-order chi connectivity index (χ1) is 29.9. The van der Waals surface area contributed by atoms with Crippen molar-refractivity contribution in [3.8, 4) is 44.5 Å². The van der Waals surface area contributed by atoms with Gasteiger partial charge in [-0.2, -0.15) is 0 Å². The van der Waals surface area contributed by atoms with Crippen molar-refractivity contribution < 1.29 is 13.2 Å². The number of nitrogens with zero attached hydrogens (tertiary/aromatic N) is 1. The van der Waals surface area contributed by atoms with Crippen LogP contribution in [0.3, 0.4) is 0 Å². The number of hydrogen-bond donors (Lipinski definition) is 0. The van der Waals surface area contributed by atoms with Crippen molar-refractivity contribution in [3.05, 3.63) is 211 Å². The Bertz CT molecular complexity index is 3500. The van der Waals surface area contributed by atoms with Gasteiger partial charge in [0.25, 0.3) is 0 Å². The van der Waals surface area contributed by atoms with Gasteiger partial charge in [0, 0.05) is 49.6 Å². The van der Waals surface area contributed by atoms with Crippen LogP contribution in [-0.2, 0) is 5.41 Å². The first-order valence-corrected chi connectivity index (χ1v) is 20.8. The van der Waals surface area contributed by atoms with Gasteiger partial charge in [0.2, 0.25) is 0 Å². The molecule has 0 spiro atoms. The van der Waals surface area contributed by atoms with Gasteiger partial charge in [0.05, 0.1) is 0 Å². The summed E-state index contributed by atoms with van der Waals surface area (Å²) in [6, 6.07) is 66.9. The van der Waals surface area contributed by atoms with E-state index in [1.165, 1.54) is 5.56 Å². The highest BCUT2D eigenvalue weighted by Crippen LogP contribution is 2.54. The number of fused-ring (bicyclic) bond motifs is 9. The van der Waals surface area contributed by atoms with Crippen LogP contribution in [0, 0.1) is 5.82 Å². The lowest BCUT2D eigenvalue weighted by molar-refractivity contribution is 0.623. The second kappa shape index (κ2) is 13.4. The zero-order chi connectivity index (χ0) is 40.8. The van der Waals surface area contributed by atoms with E-state index in [4.69, 9.17) is 8.83 Å². The molecule has 2 aromatic heterocycles. The van der Waals surface area contributed by atoms with Crippen LogP contribution >= 0.6 is 0 Å². The molecule has 3 nitrogen and oxygen atoms in total. The Hall–Kier alpha value is -7.69. The van der Waals surface area contributed by atoms with E-state index < -0.39 is 5.41 Å². The number of benzene rings is 9. The summed E-state index contributed by atoms with van der Waals surface area (Å²) in [6.45, 7) is 4.53. The molecule has 1 aliphatic carbocycles. The maximum absolute atomic E-state index is 15.9. The van der Waals surface area contributed by atoms with Gasteiger partial charge in [0.1, 0.15) is 28.1 Å². The summed E-state index contributed by atoms with van der Waals surface area (Å²) < 4.78 is 28.5. The van der Waals surface area contributed by atoms with Gasteiger partial charge in [-0.25, -0.2) is 4.39 Å². The third kappa shape index (κ3) is 5.56. The lowest BCUT2D eigenvalue weighted by Crippen LogP contribution is -2.17. The first kappa shape index (κ1) is 35.3. The molecule has 11 aromatic rings. The fourth-order valence-electron chi connectivity index (χ4n) is 9.82. The van der Waals surface area contributed by atoms with E-state index in [2.05, 4.69) is 164 Å². The molecule has 2 heterocycles. The number of rotatable bonds is 6. The summed E-state index contributed by atoms with van der Waals surface area (Å²) >= 11 is 0. The van der Waals surface area contributed by atoms with Crippen LogP contribution in [0.1, 0.15) is 25.0 Å². The van der Waals surface area contributed by atoms with Crippen molar-refractivity contribution >= 4 is 60.9 Å². The smallest absolute Gasteiger partial charge is 0.143 e. The molecule has 4 heteroatoms. The summed E-state index contributed by atoms with van der Waals surface area (Å²) in [5, 5.41) is 4.34. The van der Waals surface area contributed by atoms with Gasteiger partial charge in [-0.3, -0.25) is 0 Å². The molecule has 0 unspecified atom stereocenters. The lowest BCUT2D eigenvalue weighted by Gasteiger charge is -2.29. The highest BCUT2D eigenvalue weighted by Gasteiger charge is 2.39. The second-order valence-corrected chi connectivity index (χ2v) is 16.6. The number of hydrogen-bond acceptors (Lipinski definition) is 3. The van der Waals surface area contributed by atoms with Crippen LogP contribution in [0.5, 0.6) is 0 Å². The highest BCUT2D eigenvalue weighted by atomic mass is 19.1. The minimum Gasteiger partial charge on any atom is -0.456 e. The van der Waals surface area contributed by atoms with Gasteiger partial charge in [-0.1, -0.05) is 141 Å². The number of para-hydroxylation sites is 3. The number of anilines is 3. The standard InChI is InChI=1S/C57H38FNO2/c1-57(2)51-34-42(59(40-25-23-36(24-26-40)35-11-4-3-5-12-35)41-28-30-54-49(33-41)46-14-7-8-17-52(46)60-54)27-29-44(51)50-32-39(58)31-48(55(50)57)38-21-19-37(20-22-38)43-15-10-16-47-45-13-6-9-18-53(45)61-56(43)47/h3-34H,1-2H3. The quantitative estimate of drug-likeness (QED) is 0.168. The summed E-state index contributed by atoms with van der Waals surface area (Å²) in [7, 11) is 0. The molecule has 0 bridgehead atoms. The Labute approximate surface area is 352 Å². The van der Waals surface area contributed by atoms with Crippen LogP contribution < -0.4 is 4.90 Å². The summed E-state index contributed by atoms with van der Waals surface area (Å²) in [6.07, 6.45) is 0. The number of furan rings is 2. The Morgan fingerprint density at radius 2 is 0.951 bits per heavy atom. The predicted octanol–water partition coefficient (Wildman–Crippen LogP) is 16.4. The molecule has 1 aliphatic rings. The maximum Gasteiger partial charge on any atom is 0.143 e. The molecule has 290 valence electrons. The van der Waals surface area contributed by atoms with E-state index in [0.29, 0.717) is 0 Å². The van der Waals surface area contributed by atoms with E-state index in [1.54, 1.807) is 12.1 Å². The molecule has 0 saturated carbocycles. The Kier molecular flexibility index (Phi) is 7.76.